The highest BCUT2D eigenvalue weighted by atomic mass is 32.2. The molecule has 2 aromatic carbocycles. The molecule has 3 aromatic rings. The second kappa shape index (κ2) is 9.43. The van der Waals surface area contributed by atoms with Gasteiger partial charge in [0, 0.05) is 12.3 Å². The van der Waals surface area contributed by atoms with E-state index >= 15 is 0 Å². The highest BCUT2D eigenvalue weighted by molar-refractivity contribution is 7.92. The van der Waals surface area contributed by atoms with Gasteiger partial charge in [0.15, 0.2) is 11.5 Å². The highest BCUT2D eigenvalue weighted by Gasteiger charge is 2.30. The third kappa shape index (κ3) is 4.92. The second-order valence-corrected chi connectivity index (χ2v) is 8.13. The standard InChI is InChI=1S/C21H20FN3O5S/c1-29-19-10-9-16(12-20(19)30-2)31(27,28)25(18-8-4-3-7-17(18)22)14-21(26)24-15-6-5-11-23-13-15/h3-13H,14H2,1-2H3,(H,24,26). The number of aromatic nitrogens is 1. The summed E-state index contributed by atoms with van der Waals surface area (Å²) in [6.07, 6.45) is 2.94. The summed E-state index contributed by atoms with van der Waals surface area (Å²) < 4.78 is 52.4. The van der Waals surface area contributed by atoms with Gasteiger partial charge in [-0.25, -0.2) is 12.8 Å². The van der Waals surface area contributed by atoms with Crippen LogP contribution in [0.25, 0.3) is 0 Å². The van der Waals surface area contributed by atoms with Crippen molar-refractivity contribution in [2.45, 2.75) is 4.90 Å². The van der Waals surface area contributed by atoms with Gasteiger partial charge in [-0.1, -0.05) is 12.1 Å². The van der Waals surface area contributed by atoms with Crippen molar-refractivity contribution in [1.82, 2.24) is 4.98 Å². The van der Waals surface area contributed by atoms with E-state index in [0.29, 0.717) is 15.7 Å². The van der Waals surface area contributed by atoms with Gasteiger partial charge in [-0.15, -0.1) is 0 Å². The summed E-state index contributed by atoms with van der Waals surface area (Å²) in [7, 11) is -1.56. The molecule has 0 atom stereocenters. The molecule has 0 aliphatic carbocycles. The first-order valence-electron chi connectivity index (χ1n) is 9.06. The van der Waals surface area contributed by atoms with Crippen LogP contribution in [-0.2, 0) is 14.8 Å². The molecule has 1 heterocycles. The Balaban J connectivity index is 2.01. The number of ether oxygens (including phenoxy) is 2. The maximum absolute atomic E-state index is 14.5. The molecule has 0 spiro atoms. The van der Waals surface area contributed by atoms with Crippen LogP contribution < -0.4 is 19.1 Å². The molecule has 3 rings (SSSR count). The van der Waals surface area contributed by atoms with Crippen molar-refractivity contribution in [2.75, 3.05) is 30.4 Å². The Morgan fingerprint density at radius 1 is 1.06 bits per heavy atom. The zero-order chi connectivity index (χ0) is 22.4. The fourth-order valence-corrected chi connectivity index (χ4v) is 4.27. The second-order valence-electron chi connectivity index (χ2n) is 6.27. The number of nitrogens with zero attached hydrogens (tertiary/aromatic N) is 2. The third-order valence-corrected chi connectivity index (χ3v) is 6.05. The normalized spacial score (nSPS) is 10.9. The molecule has 1 aromatic heterocycles. The number of benzene rings is 2. The molecule has 8 nitrogen and oxygen atoms in total. The number of sulfonamides is 1. The number of anilines is 2. The molecule has 31 heavy (non-hydrogen) atoms. The number of halogens is 1. The van der Waals surface area contributed by atoms with E-state index in [1.807, 2.05) is 0 Å². The molecule has 0 saturated carbocycles. The minimum Gasteiger partial charge on any atom is -0.493 e. The Bertz CT molecular complexity index is 1170. The zero-order valence-electron chi connectivity index (χ0n) is 16.8. The van der Waals surface area contributed by atoms with Crippen LogP contribution in [0.4, 0.5) is 15.8 Å². The Hall–Kier alpha value is -3.66. The molecule has 162 valence electrons. The van der Waals surface area contributed by atoms with Gasteiger partial charge in [-0.05, 0) is 36.4 Å². The lowest BCUT2D eigenvalue weighted by Crippen LogP contribution is -2.38. The number of carbonyl (C=O) groups excluding carboxylic acids is 1. The molecule has 1 amide bonds. The average molecular weight is 445 g/mol. The van der Waals surface area contributed by atoms with Crippen molar-refractivity contribution in [3.63, 3.8) is 0 Å². The lowest BCUT2D eigenvalue weighted by molar-refractivity contribution is -0.114. The fraction of sp³-hybridized carbons (Fsp3) is 0.143. The molecule has 0 bridgehead atoms. The van der Waals surface area contributed by atoms with E-state index < -0.39 is 28.3 Å². The number of amides is 1. The van der Waals surface area contributed by atoms with E-state index in [1.165, 1.54) is 63.0 Å². The van der Waals surface area contributed by atoms with Crippen molar-refractivity contribution in [1.29, 1.82) is 0 Å². The van der Waals surface area contributed by atoms with Gasteiger partial charge in [-0.2, -0.15) is 0 Å². The summed E-state index contributed by atoms with van der Waals surface area (Å²) >= 11 is 0. The molecule has 1 N–H and O–H groups in total. The summed E-state index contributed by atoms with van der Waals surface area (Å²) in [5.74, 6) is -0.953. The van der Waals surface area contributed by atoms with E-state index in [4.69, 9.17) is 9.47 Å². The molecule has 0 fully saturated rings. The summed E-state index contributed by atoms with van der Waals surface area (Å²) in [4.78, 5) is 16.3. The molecule has 0 aliphatic rings. The van der Waals surface area contributed by atoms with E-state index in [9.17, 15) is 17.6 Å². The summed E-state index contributed by atoms with van der Waals surface area (Å²) in [5, 5.41) is 2.55. The van der Waals surface area contributed by atoms with Crippen molar-refractivity contribution in [3.05, 3.63) is 72.8 Å². The van der Waals surface area contributed by atoms with Crippen molar-refractivity contribution in [3.8, 4) is 11.5 Å². The smallest absolute Gasteiger partial charge is 0.265 e. The Morgan fingerprint density at radius 3 is 2.45 bits per heavy atom. The van der Waals surface area contributed by atoms with Crippen molar-refractivity contribution in [2.24, 2.45) is 0 Å². The molecular weight excluding hydrogens is 425 g/mol. The van der Waals surface area contributed by atoms with Gasteiger partial charge in [0.25, 0.3) is 10.0 Å². The van der Waals surface area contributed by atoms with E-state index in [0.717, 1.165) is 6.07 Å². The Kier molecular flexibility index (Phi) is 6.71. The van der Waals surface area contributed by atoms with E-state index in [2.05, 4.69) is 10.3 Å². The van der Waals surface area contributed by atoms with Crippen LogP contribution in [0, 0.1) is 5.82 Å². The number of methoxy groups -OCH3 is 2. The maximum atomic E-state index is 14.5. The number of para-hydroxylation sites is 1. The van der Waals surface area contributed by atoms with Crippen LogP contribution in [0.3, 0.4) is 0 Å². The van der Waals surface area contributed by atoms with Crippen molar-refractivity contribution >= 4 is 27.3 Å². The topological polar surface area (TPSA) is 97.8 Å². The minimum absolute atomic E-state index is 0.178. The summed E-state index contributed by atoms with van der Waals surface area (Å²) in [6, 6.07) is 12.5. The Labute approximate surface area is 179 Å². The van der Waals surface area contributed by atoms with Gasteiger partial charge < -0.3 is 14.8 Å². The van der Waals surface area contributed by atoms with Gasteiger partial charge in [0.1, 0.15) is 12.4 Å². The first-order valence-corrected chi connectivity index (χ1v) is 10.5. The van der Waals surface area contributed by atoms with E-state index in [1.54, 1.807) is 12.1 Å². The SMILES string of the molecule is COc1ccc(S(=O)(=O)N(CC(=O)Nc2cccnc2)c2ccccc2F)cc1OC. The predicted molar refractivity (Wildman–Crippen MR) is 113 cm³/mol. The molecule has 0 saturated heterocycles. The first-order chi connectivity index (χ1) is 14.9. The quantitative estimate of drug-likeness (QED) is 0.572. The van der Waals surface area contributed by atoms with Crippen molar-refractivity contribution < 1.29 is 27.1 Å². The van der Waals surface area contributed by atoms with Crippen LogP contribution in [0.15, 0.2) is 71.9 Å². The lowest BCUT2D eigenvalue weighted by Gasteiger charge is -2.24. The number of hydrogen-bond donors (Lipinski definition) is 1. The van der Waals surface area contributed by atoms with E-state index in [-0.39, 0.29) is 16.3 Å². The molecule has 0 unspecified atom stereocenters. The summed E-state index contributed by atoms with van der Waals surface area (Å²) in [5.41, 5.74) is 0.114. The molecular formula is C21H20FN3O5S. The van der Waals surface area contributed by atoms with Gasteiger partial charge in [0.05, 0.1) is 36.7 Å². The van der Waals surface area contributed by atoms with Crippen LogP contribution >= 0.6 is 0 Å². The largest absolute Gasteiger partial charge is 0.493 e. The third-order valence-electron chi connectivity index (χ3n) is 4.30. The number of carbonyl (C=O) groups is 1. The monoisotopic (exact) mass is 445 g/mol. The van der Waals surface area contributed by atoms with Gasteiger partial charge in [0.2, 0.25) is 5.91 Å². The minimum atomic E-state index is -4.34. The van der Waals surface area contributed by atoms with Gasteiger partial charge >= 0.3 is 0 Å². The number of rotatable bonds is 8. The number of hydrogen-bond acceptors (Lipinski definition) is 6. The first kappa shape index (κ1) is 22.0. The molecule has 10 heteroatoms. The summed E-state index contributed by atoms with van der Waals surface area (Å²) in [6.45, 7) is -0.660. The number of nitrogens with one attached hydrogen (secondary N) is 1. The molecule has 0 aliphatic heterocycles. The fourth-order valence-electron chi connectivity index (χ4n) is 2.83. The van der Waals surface area contributed by atoms with Crippen LogP contribution in [0.5, 0.6) is 11.5 Å². The lowest BCUT2D eigenvalue weighted by atomic mass is 10.3. The average Bonchev–Trinajstić information content (AvgIpc) is 2.78. The zero-order valence-corrected chi connectivity index (χ0v) is 17.6. The number of pyridine rings is 1. The van der Waals surface area contributed by atoms with Gasteiger partial charge in [-0.3, -0.25) is 14.1 Å². The Morgan fingerprint density at radius 2 is 1.81 bits per heavy atom. The maximum Gasteiger partial charge on any atom is 0.265 e. The van der Waals surface area contributed by atoms with Crippen LogP contribution in [0.1, 0.15) is 0 Å². The van der Waals surface area contributed by atoms with Crippen LogP contribution in [-0.4, -0.2) is 40.1 Å². The molecule has 0 radical (unpaired) electrons. The highest BCUT2D eigenvalue weighted by Crippen LogP contribution is 2.32. The predicted octanol–water partition coefficient (Wildman–Crippen LogP) is 3.07. The van der Waals surface area contributed by atoms with Crippen LogP contribution in [0.2, 0.25) is 0 Å².